The van der Waals surface area contributed by atoms with Gasteiger partial charge in [0, 0.05) is 0 Å². The van der Waals surface area contributed by atoms with Gasteiger partial charge < -0.3 is 5.11 Å². The molecule has 76 valence electrons. The van der Waals surface area contributed by atoms with E-state index in [0.29, 0.717) is 0 Å². The van der Waals surface area contributed by atoms with E-state index >= 15 is 0 Å². The molecule has 0 heterocycles. The summed E-state index contributed by atoms with van der Waals surface area (Å²) < 4.78 is 0. The monoisotopic (exact) mass is 192 g/mol. The molecule has 0 aromatic heterocycles. The molecule has 14 heavy (non-hydrogen) atoms. The normalized spacial score (nSPS) is 10.3. The van der Waals surface area contributed by atoms with Gasteiger partial charge in [0.15, 0.2) is 0 Å². The summed E-state index contributed by atoms with van der Waals surface area (Å²) in [5.74, 6) is -0.768. The number of hydrogen-bond acceptors (Lipinski definition) is 1. The maximum atomic E-state index is 10.6. The van der Waals surface area contributed by atoms with Crippen molar-refractivity contribution in [2.75, 3.05) is 0 Å². The molecule has 0 spiro atoms. The van der Waals surface area contributed by atoms with Crippen molar-refractivity contribution in [2.24, 2.45) is 0 Å². The van der Waals surface area contributed by atoms with E-state index in [2.05, 4.69) is 6.92 Å². The van der Waals surface area contributed by atoms with E-state index in [1.165, 1.54) is 16.7 Å². The molecule has 0 saturated carbocycles. The Morgan fingerprint density at radius 1 is 1.14 bits per heavy atom. The van der Waals surface area contributed by atoms with Gasteiger partial charge in [-0.2, -0.15) is 0 Å². The summed E-state index contributed by atoms with van der Waals surface area (Å²) in [7, 11) is 0. The highest BCUT2D eigenvalue weighted by molar-refractivity contribution is 5.71. The van der Waals surface area contributed by atoms with Crippen LogP contribution in [0.1, 0.15) is 27.8 Å². The first kappa shape index (κ1) is 10.8. The van der Waals surface area contributed by atoms with Crippen LogP contribution >= 0.6 is 0 Å². The van der Waals surface area contributed by atoms with Crippen LogP contribution < -0.4 is 0 Å². The number of carbonyl (C=O) groups is 1. The van der Waals surface area contributed by atoms with Crippen LogP contribution in [0.5, 0.6) is 0 Å². The molecular formula is C12H16O2. The van der Waals surface area contributed by atoms with Crippen molar-refractivity contribution in [2.45, 2.75) is 34.1 Å². The number of hydrogen-bond donors (Lipinski definition) is 1. The Morgan fingerprint density at radius 2 is 1.71 bits per heavy atom. The van der Waals surface area contributed by atoms with Crippen LogP contribution in [0.25, 0.3) is 0 Å². The third-order valence-corrected chi connectivity index (χ3v) is 2.93. The minimum absolute atomic E-state index is 0.119. The Labute approximate surface area is 84.6 Å². The average molecular weight is 192 g/mol. The van der Waals surface area contributed by atoms with Crippen molar-refractivity contribution in [3.05, 3.63) is 33.9 Å². The average Bonchev–Trinajstić information content (AvgIpc) is 2.10. The number of aryl methyl sites for hydroxylation is 1. The summed E-state index contributed by atoms with van der Waals surface area (Å²) in [6.45, 7) is 8.12. The zero-order chi connectivity index (χ0) is 10.9. The molecule has 0 saturated heterocycles. The molecule has 0 amide bonds. The SMILES string of the molecule is Cc1cc(CC(=O)O)c(C)c(C)c1C. The lowest BCUT2D eigenvalue weighted by Crippen LogP contribution is -2.05. The van der Waals surface area contributed by atoms with Gasteiger partial charge in [0.25, 0.3) is 0 Å². The van der Waals surface area contributed by atoms with E-state index in [4.69, 9.17) is 5.11 Å². The van der Waals surface area contributed by atoms with Gasteiger partial charge in [0.1, 0.15) is 0 Å². The fourth-order valence-electron chi connectivity index (χ4n) is 1.64. The van der Waals surface area contributed by atoms with Crippen LogP contribution in [-0.4, -0.2) is 11.1 Å². The molecule has 2 nitrogen and oxygen atoms in total. The van der Waals surface area contributed by atoms with Crippen molar-refractivity contribution in [1.29, 1.82) is 0 Å². The largest absolute Gasteiger partial charge is 0.481 e. The van der Waals surface area contributed by atoms with Gasteiger partial charge in [0.2, 0.25) is 0 Å². The van der Waals surface area contributed by atoms with Crippen molar-refractivity contribution in [3.63, 3.8) is 0 Å². The second kappa shape index (κ2) is 3.82. The number of carboxylic acids is 1. The highest BCUT2D eigenvalue weighted by Crippen LogP contribution is 2.21. The van der Waals surface area contributed by atoms with Gasteiger partial charge in [-0.3, -0.25) is 4.79 Å². The number of aliphatic carboxylic acids is 1. The van der Waals surface area contributed by atoms with E-state index in [0.717, 1.165) is 11.1 Å². The van der Waals surface area contributed by atoms with Gasteiger partial charge in [0.05, 0.1) is 6.42 Å². The summed E-state index contributed by atoms with van der Waals surface area (Å²) in [5.41, 5.74) is 5.68. The molecule has 0 aliphatic carbocycles. The molecule has 2 heteroatoms. The molecule has 0 bridgehead atoms. The smallest absolute Gasteiger partial charge is 0.307 e. The first-order valence-electron chi connectivity index (χ1n) is 4.71. The van der Waals surface area contributed by atoms with Crippen LogP contribution in [-0.2, 0) is 11.2 Å². The van der Waals surface area contributed by atoms with Gasteiger partial charge >= 0.3 is 5.97 Å². The molecule has 0 fully saturated rings. The minimum Gasteiger partial charge on any atom is -0.481 e. The van der Waals surface area contributed by atoms with Gasteiger partial charge in [-0.15, -0.1) is 0 Å². The highest BCUT2D eigenvalue weighted by Gasteiger charge is 2.09. The van der Waals surface area contributed by atoms with Crippen molar-refractivity contribution in [3.8, 4) is 0 Å². The van der Waals surface area contributed by atoms with Crippen molar-refractivity contribution in [1.82, 2.24) is 0 Å². The van der Waals surface area contributed by atoms with Crippen LogP contribution in [0.4, 0.5) is 0 Å². The van der Waals surface area contributed by atoms with E-state index < -0.39 is 5.97 Å². The zero-order valence-corrected chi connectivity index (χ0v) is 9.14. The summed E-state index contributed by atoms with van der Waals surface area (Å²) in [5, 5.41) is 8.74. The van der Waals surface area contributed by atoms with E-state index in [-0.39, 0.29) is 6.42 Å². The van der Waals surface area contributed by atoms with Gasteiger partial charge in [-0.25, -0.2) is 0 Å². The molecule has 0 atom stereocenters. The minimum atomic E-state index is -0.768. The Morgan fingerprint density at radius 3 is 2.21 bits per heavy atom. The first-order valence-corrected chi connectivity index (χ1v) is 4.71. The van der Waals surface area contributed by atoms with Crippen LogP contribution in [0, 0.1) is 27.7 Å². The molecule has 0 unspecified atom stereocenters. The fourth-order valence-corrected chi connectivity index (χ4v) is 1.64. The molecular weight excluding hydrogens is 176 g/mol. The van der Waals surface area contributed by atoms with E-state index in [1.54, 1.807) is 0 Å². The third-order valence-electron chi connectivity index (χ3n) is 2.93. The predicted octanol–water partition coefficient (Wildman–Crippen LogP) is 2.55. The quantitative estimate of drug-likeness (QED) is 0.781. The molecule has 0 aliphatic rings. The van der Waals surface area contributed by atoms with Crippen LogP contribution in [0.3, 0.4) is 0 Å². The fraction of sp³-hybridized carbons (Fsp3) is 0.417. The Balaban J connectivity index is 3.25. The lowest BCUT2D eigenvalue weighted by atomic mass is 9.93. The molecule has 1 rings (SSSR count). The van der Waals surface area contributed by atoms with Crippen molar-refractivity contribution >= 4 is 5.97 Å². The zero-order valence-electron chi connectivity index (χ0n) is 9.14. The topological polar surface area (TPSA) is 37.3 Å². The summed E-state index contributed by atoms with van der Waals surface area (Å²) in [6.07, 6.45) is 0.119. The molecule has 1 aromatic rings. The molecule has 1 N–H and O–H groups in total. The van der Waals surface area contributed by atoms with Gasteiger partial charge in [-0.05, 0) is 55.5 Å². The third kappa shape index (κ3) is 1.95. The lowest BCUT2D eigenvalue weighted by molar-refractivity contribution is -0.136. The summed E-state index contributed by atoms with van der Waals surface area (Å²) in [6, 6.07) is 1.98. The Hall–Kier alpha value is -1.31. The van der Waals surface area contributed by atoms with Gasteiger partial charge in [-0.1, -0.05) is 6.07 Å². The van der Waals surface area contributed by atoms with Crippen molar-refractivity contribution < 1.29 is 9.90 Å². The maximum Gasteiger partial charge on any atom is 0.307 e. The first-order chi connectivity index (χ1) is 6.43. The molecule has 0 aliphatic heterocycles. The predicted molar refractivity (Wildman–Crippen MR) is 56.7 cm³/mol. The Kier molecular flexibility index (Phi) is 2.94. The summed E-state index contributed by atoms with van der Waals surface area (Å²) >= 11 is 0. The molecule has 1 aromatic carbocycles. The van der Waals surface area contributed by atoms with Crippen LogP contribution in [0.15, 0.2) is 6.07 Å². The second-order valence-electron chi connectivity index (χ2n) is 3.80. The lowest BCUT2D eigenvalue weighted by Gasteiger charge is -2.12. The number of benzene rings is 1. The summed E-state index contributed by atoms with van der Waals surface area (Å²) in [4.78, 5) is 10.6. The Bertz CT molecular complexity index is 378. The highest BCUT2D eigenvalue weighted by atomic mass is 16.4. The second-order valence-corrected chi connectivity index (χ2v) is 3.80. The number of rotatable bonds is 2. The van der Waals surface area contributed by atoms with E-state index in [1.807, 2.05) is 26.8 Å². The molecule has 0 radical (unpaired) electrons. The number of carboxylic acid groups (broad SMARTS) is 1. The maximum absolute atomic E-state index is 10.6. The van der Waals surface area contributed by atoms with E-state index in [9.17, 15) is 4.79 Å². The van der Waals surface area contributed by atoms with Crippen LogP contribution in [0.2, 0.25) is 0 Å². The standard InChI is InChI=1S/C12H16O2/c1-7-5-11(6-12(13)14)10(4)9(3)8(7)2/h5H,6H2,1-4H3,(H,13,14).